The number of amides is 1. The highest BCUT2D eigenvalue weighted by Gasteiger charge is 2.19. The van der Waals surface area contributed by atoms with Crippen LogP contribution in [0, 0.1) is 10.1 Å². The minimum absolute atomic E-state index is 0.00864. The number of esters is 1. The van der Waals surface area contributed by atoms with Crippen molar-refractivity contribution in [1.29, 1.82) is 0 Å². The molecule has 0 aliphatic rings. The van der Waals surface area contributed by atoms with Gasteiger partial charge in [-0.2, -0.15) is 0 Å². The van der Waals surface area contributed by atoms with Crippen LogP contribution in [0.15, 0.2) is 48.2 Å². The topological polar surface area (TPSA) is 98.5 Å². The van der Waals surface area contributed by atoms with E-state index in [0.29, 0.717) is 5.56 Å². The first kappa shape index (κ1) is 19.4. The van der Waals surface area contributed by atoms with E-state index in [9.17, 15) is 19.7 Å². The first-order chi connectivity index (χ1) is 12.3. The van der Waals surface area contributed by atoms with Crippen LogP contribution in [0.25, 0.3) is 6.08 Å². The van der Waals surface area contributed by atoms with E-state index in [0.717, 1.165) is 7.11 Å². The molecule has 2 aromatic rings. The maximum absolute atomic E-state index is 12.4. The van der Waals surface area contributed by atoms with Crippen LogP contribution in [0.5, 0.6) is 0 Å². The van der Waals surface area contributed by atoms with Gasteiger partial charge in [0.2, 0.25) is 0 Å². The second-order valence-corrected chi connectivity index (χ2v) is 5.76. The lowest BCUT2D eigenvalue weighted by atomic mass is 10.1. The Kier molecular flexibility index (Phi) is 6.32. The molecule has 1 amide bonds. The van der Waals surface area contributed by atoms with Crippen LogP contribution < -0.4 is 5.32 Å². The van der Waals surface area contributed by atoms with Crippen molar-refractivity contribution in [2.75, 3.05) is 7.11 Å². The molecule has 2 aromatic carbocycles. The van der Waals surface area contributed by atoms with Crippen LogP contribution in [0.1, 0.15) is 15.9 Å². The van der Waals surface area contributed by atoms with Crippen molar-refractivity contribution in [3.8, 4) is 0 Å². The number of hydrogen-bond acceptors (Lipinski definition) is 5. The number of methoxy groups -OCH3 is 1. The summed E-state index contributed by atoms with van der Waals surface area (Å²) in [5.41, 5.74) is 0.173. The highest BCUT2D eigenvalue weighted by Crippen LogP contribution is 2.24. The zero-order valence-corrected chi connectivity index (χ0v) is 14.9. The van der Waals surface area contributed by atoms with E-state index in [2.05, 4.69) is 10.1 Å². The van der Waals surface area contributed by atoms with E-state index in [-0.39, 0.29) is 27.0 Å². The van der Waals surface area contributed by atoms with Gasteiger partial charge in [0.1, 0.15) is 5.70 Å². The molecule has 0 radical (unpaired) electrons. The number of nitrogens with zero attached hydrogens (tertiary/aromatic N) is 1. The van der Waals surface area contributed by atoms with Crippen molar-refractivity contribution in [3.05, 3.63) is 79.4 Å². The Labute approximate surface area is 158 Å². The molecule has 1 N–H and O–H groups in total. The van der Waals surface area contributed by atoms with Crippen LogP contribution in [-0.2, 0) is 9.53 Å². The first-order valence-electron chi connectivity index (χ1n) is 7.13. The number of carbonyl (C=O) groups excluding carboxylic acids is 2. The summed E-state index contributed by atoms with van der Waals surface area (Å²) in [4.78, 5) is 34.5. The maximum atomic E-state index is 12.4. The number of hydrogen-bond donors (Lipinski definition) is 1. The average Bonchev–Trinajstić information content (AvgIpc) is 2.60. The molecule has 0 spiro atoms. The predicted molar refractivity (Wildman–Crippen MR) is 97.0 cm³/mol. The van der Waals surface area contributed by atoms with Gasteiger partial charge in [0.05, 0.1) is 27.6 Å². The van der Waals surface area contributed by atoms with Gasteiger partial charge in [-0.1, -0.05) is 29.3 Å². The zero-order chi connectivity index (χ0) is 19.3. The molecule has 26 heavy (non-hydrogen) atoms. The fourth-order valence-corrected chi connectivity index (χ4v) is 2.58. The average molecular weight is 395 g/mol. The molecule has 2 rings (SSSR count). The fourth-order valence-electron chi connectivity index (χ4n) is 2.01. The smallest absolute Gasteiger partial charge is 0.354 e. The molecule has 0 saturated heterocycles. The van der Waals surface area contributed by atoms with Gasteiger partial charge in [-0.3, -0.25) is 14.9 Å². The SMILES string of the molecule is COC(=O)/C(=C/c1ccc([N+](=O)[O-])cc1)NC(=O)c1c(Cl)cccc1Cl. The summed E-state index contributed by atoms with van der Waals surface area (Å²) in [5.74, 6) is -1.50. The summed E-state index contributed by atoms with van der Waals surface area (Å²) in [6.07, 6.45) is 1.32. The monoisotopic (exact) mass is 394 g/mol. The third-order valence-corrected chi connectivity index (χ3v) is 3.89. The van der Waals surface area contributed by atoms with E-state index in [1.807, 2.05) is 0 Å². The Morgan fingerprint density at radius 3 is 2.19 bits per heavy atom. The molecule has 0 atom stereocenters. The third-order valence-electron chi connectivity index (χ3n) is 3.26. The molecule has 0 fully saturated rings. The quantitative estimate of drug-likeness (QED) is 0.359. The number of benzene rings is 2. The largest absolute Gasteiger partial charge is 0.464 e. The lowest BCUT2D eigenvalue weighted by Gasteiger charge is -2.10. The highest BCUT2D eigenvalue weighted by atomic mass is 35.5. The number of nitro benzene ring substituents is 1. The molecule has 9 heteroatoms. The molecule has 0 bridgehead atoms. The Bertz CT molecular complexity index is 874. The maximum Gasteiger partial charge on any atom is 0.354 e. The standard InChI is InChI=1S/C17H12Cl2N2O5/c1-26-17(23)14(9-10-5-7-11(8-6-10)21(24)25)20-16(22)15-12(18)3-2-4-13(15)19/h2-9H,1H3,(H,20,22)/b14-9-. The van der Waals surface area contributed by atoms with Crippen molar-refractivity contribution in [3.63, 3.8) is 0 Å². The number of nitro groups is 1. The van der Waals surface area contributed by atoms with Gasteiger partial charge in [-0.25, -0.2) is 4.79 Å². The van der Waals surface area contributed by atoms with Crippen molar-refractivity contribution in [2.24, 2.45) is 0 Å². The minimum atomic E-state index is -0.806. The number of carbonyl (C=O) groups is 2. The molecule has 0 aliphatic heterocycles. The normalized spacial score (nSPS) is 11.0. The number of ether oxygens (including phenoxy) is 1. The van der Waals surface area contributed by atoms with Crippen molar-refractivity contribution < 1.29 is 19.2 Å². The Hall–Kier alpha value is -2.90. The van der Waals surface area contributed by atoms with Crippen LogP contribution >= 0.6 is 23.2 Å². The van der Waals surface area contributed by atoms with Crippen molar-refractivity contribution in [1.82, 2.24) is 5.32 Å². The van der Waals surface area contributed by atoms with Crippen LogP contribution in [0.3, 0.4) is 0 Å². The second kappa shape index (κ2) is 8.46. The number of non-ortho nitro benzene ring substituents is 1. The van der Waals surface area contributed by atoms with E-state index in [1.165, 1.54) is 42.5 Å². The summed E-state index contributed by atoms with van der Waals surface area (Å²) in [5, 5.41) is 13.3. The van der Waals surface area contributed by atoms with Crippen LogP contribution in [0.2, 0.25) is 10.0 Å². The van der Waals surface area contributed by atoms with Crippen molar-refractivity contribution in [2.45, 2.75) is 0 Å². The molecular weight excluding hydrogens is 383 g/mol. The molecule has 0 heterocycles. The van der Waals surface area contributed by atoms with Gasteiger partial charge in [-0.05, 0) is 35.9 Å². The van der Waals surface area contributed by atoms with E-state index >= 15 is 0 Å². The number of rotatable bonds is 5. The Morgan fingerprint density at radius 1 is 1.12 bits per heavy atom. The molecule has 0 aliphatic carbocycles. The molecule has 0 unspecified atom stereocenters. The number of halogens is 2. The highest BCUT2D eigenvalue weighted by molar-refractivity contribution is 6.39. The predicted octanol–water partition coefficient (Wildman–Crippen LogP) is 3.85. The van der Waals surface area contributed by atoms with Gasteiger partial charge in [-0.15, -0.1) is 0 Å². The Morgan fingerprint density at radius 2 is 1.69 bits per heavy atom. The summed E-state index contributed by atoms with van der Waals surface area (Å²) in [6.45, 7) is 0. The van der Waals surface area contributed by atoms with Gasteiger partial charge in [0.15, 0.2) is 0 Å². The molecule has 134 valence electrons. The summed E-state index contributed by atoms with van der Waals surface area (Å²) >= 11 is 12.0. The fraction of sp³-hybridized carbons (Fsp3) is 0.0588. The van der Waals surface area contributed by atoms with Crippen molar-refractivity contribution >= 4 is 46.8 Å². The van der Waals surface area contributed by atoms with Crippen LogP contribution in [-0.4, -0.2) is 23.9 Å². The van der Waals surface area contributed by atoms with E-state index in [1.54, 1.807) is 6.07 Å². The molecular formula is C17H12Cl2N2O5. The zero-order valence-electron chi connectivity index (χ0n) is 13.4. The molecule has 0 saturated carbocycles. The lowest BCUT2D eigenvalue weighted by molar-refractivity contribution is -0.384. The summed E-state index contributed by atoms with van der Waals surface area (Å²) < 4.78 is 4.65. The minimum Gasteiger partial charge on any atom is -0.464 e. The van der Waals surface area contributed by atoms with Gasteiger partial charge < -0.3 is 10.1 Å². The van der Waals surface area contributed by atoms with Gasteiger partial charge >= 0.3 is 5.97 Å². The van der Waals surface area contributed by atoms with E-state index < -0.39 is 16.8 Å². The molecule has 7 nitrogen and oxygen atoms in total. The van der Waals surface area contributed by atoms with Gasteiger partial charge in [0.25, 0.3) is 11.6 Å². The van der Waals surface area contributed by atoms with Crippen LogP contribution in [0.4, 0.5) is 5.69 Å². The van der Waals surface area contributed by atoms with Gasteiger partial charge in [0, 0.05) is 12.1 Å². The third kappa shape index (κ3) is 4.59. The lowest BCUT2D eigenvalue weighted by Crippen LogP contribution is -2.28. The second-order valence-electron chi connectivity index (χ2n) is 4.95. The first-order valence-corrected chi connectivity index (χ1v) is 7.89. The summed E-state index contributed by atoms with van der Waals surface area (Å²) in [7, 11) is 1.15. The van der Waals surface area contributed by atoms with E-state index in [4.69, 9.17) is 23.2 Å². The molecule has 0 aromatic heterocycles. The Balaban J connectivity index is 2.34. The summed E-state index contributed by atoms with van der Waals surface area (Å²) in [6, 6.07) is 9.95. The number of nitrogens with one attached hydrogen (secondary N) is 1.